The van der Waals surface area contributed by atoms with Crippen molar-refractivity contribution in [2.45, 2.75) is 27.2 Å². The van der Waals surface area contributed by atoms with Gasteiger partial charge in [-0.2, -0.15) is 0 Å². The molecule has 1 atom stereocenters. The van der Waals surface area contributed by atoms with Gasteiger partial charge in [0.05, 0.1) is 16.8 Å². The second-order valence-corrected chi connectivity index (χ2v) is 5.85. The Balaban J connectivity index is 2.20. The third-order valence-electron chi connectivity index (χ3n) is 4.05. The van der Waals surface area contributed by atoms with Crippen molar-refractivity contribution in [2.75, 3.05) is 18.4 Å². The summed E-state index contributed by atoms with van der Waals surface area (Å²) < 4.78 is 0. The highest BCUT2D eigenvalue weighted by Crippen LogP contribution is 2.35. The number of halogens is 1. The van der Waals surface area contributed by atoms with Gasteiger partial charge in [0.25, 0.3) is 0 Å². The lowest BCUT2D eigenvalue weighted by Gasteiger charge is -2.31. The number of anilines is 1. The van der Waals surface area contributed by atoms with E-state index in [0.717, 1.165) is 30.9 Å². The van der Waals surface area contributed by atoms with Gasteiger partial charge in [0.1, 0.15) is 5.15 Å². The Kier molecular flexibility index (Phi) is 4.11. The summed E-state index contributed by atoms with van der Waals surface area (Å²) in [5, 5.41) is 6.73. The molecule has 1 unspecified atom stereocenters. The van der Waals surface area contributed by atoms with Gasteiger partial charge < -0.3 is 10.6 Å². The summed E-state index contributed by atoms with van der Waals surface area (Å²) >= 11 is 5.82. The maximum absolute atomic E-state index is 12.6. The second kappa shape index (κ2) is 5.47. The minimum atomic E-state index is -0.327. The van der Waals surface area contributed by atoms with Crippen molar-refractivity contribution >= 4 is 23.2 Å². The molecule has 1 aromatic heterocycles. The summed E-state index contributed by atoms with van der Waals surface area (Å²) in [7, 11) is 0. The summed E-state index contributed by atoms with van der Waals surface area (Å²) in [6.45, 7) is 7.66. The van der Waals surface area contributed by atoms with Gasteiger partial charge in [-0.15, -0.1) is 0 Å². The van der Waals surface area contributed by atoms with Crippen LogP contribution in [-0.2, 0) is 4.79 Å². The Hall–Kier alpha value is -1.13. The molecule has 2 heterocycles. The third kappa shape index (κ3) is 2.74. The molecule has 1 aromatic rings. The van der Waals surface area contributed by atoms with Gasteiger partial charge in [-0.05, 0) is 37.9 Å². The van der Waals surface area contributed by atoms with Gasteiger partial charge in [0.2, 0.25) is 5.91 Å². The molecule has 1 fully saturated rings. The standard InChI is InChI=1S/C14H20ClN3O/c1-9(2)14(6-7-16-8-14)13(19)18-11-4-5-12(15)17-10(11)3/h4-5,9,16H,6-8H2,1-3H3,(H,18,19). The van der Waals surface area contributed by atoms with Gasteiger partial charge in [0, 0.05) is 6.54 Å². The van der Waals surface area contributed by atoms with Crippen LogP contribution >= 0.6 is 11.6 Å². The van der Waals surface area contributed by atoms with E-state index >= 15 is 0 Å². The molecule has 2 rings (SSSR count). The smallest absolute Gasteiger partial charge is 0.232 e. The number of amides is 1. The van der Waals surface area contributed by atoms with Crippen LogP contribution in [0.2, 0.25) is 5.15 Å². The molecule has 0 aliphatic carbocycles. The maximum atomic E-state index is 12.6. The third-order valence-corrected chi connectivity index (χ3v) is 4.26. The SMILES string of the molecule is Cc1nc(Cl)ccc1NC(=O)C1(C(C)C)CCNC1. The first-order valence-corrected chi connectivity index (χ1v) is 6.99. The molecule has 1 saturated heterocycles. The lowest BCUT2D eigenvalue weighted by Crippen LogP contribution is -2.42. The first kappa shape index (κ1) is 14.3. The minimum absolute atomic E-state index is 0.0692. The van der Waals surface area contributed by atoms with Gasteiger partial charge in [-0.25, -0.2) is 4.98 Å². The Morgan fingerprint density at radius 1 is 1.53 bits per heavy atom. The van der Waals surface area contributed by atoms with Crippen LogP contribution in [0.1, 0.15) is 26.0 Å². The van der Waals surface area contributed by atoms with Crippen LogP contribution in [0.25, 0.3) is 0 Å². The number of aromatic nitrogens is 1. The van der Waals surface area contributed by atoms with Crippen LogP contribution in [-0.4, -0.2) is 24.0 Å². The maximum Gasteiger partial charge on any atom is 0.232 e. The number of hydrogen-bond acceptors (Lipinski definition) is 3. The van der Waals surface area contributed by atoms with E-state index in [1.165, 1.54) is 0 Å². The average molecular weight is 282 g/mol. The Bertz CT molecular complexity index is 482. The number of aryl methyl sites for hydroxylation is 1. The zero-order valence-corrected chi connectivity index (χ0v) is 12.3. The second-order valence-electron chi connectivity index (χ2n) is 5.46. The molecule has 5 heteroatoms. The lowest BCUT2D eigenvalue weighted by molar-refractivity contribution is -0.126. The Morgan fingerprint density at radius 3 is 2.79 bits per heavy atom. The zero-order valence-electron chi connectivity index (χ0n) is 11.6. The molecular weight excluding hydrogens is 262 g/mol. The topological polar surface area (TPSA) is 54.0 Å². The molecular formula is C14H20ClN3O. The molecule has 0 bridgehead atoms. The van der Waals surface area contributed by atoms with Crippen LogP contribution in [0.4, 0.5) is 5.69 Å². The summed E-state index contributed by atoms with van der Waals surface area (Å²) in [6.07, 6.45) is 0.872. The van der Waals surface area contributed by atoms with Gasteiger partial charge in [-0.3, -0.25) is 4.79 Å². The molecule has 19 heavy (non-hydrogen) atoms. The van der Waals surface area contributed by atoms with Crippen molar-refractivity contribution in [3.8, 4) is 0 Å². The van der Waals surface area contributed by atoms with E-state index in [1.54, 1.807) is 12.1 Å². The fourth-order valence-corrected chi connectivity index (χ4v) is 2.76. The molecule has 2 N–H and O–H groups in total. The predicted molar refractivity (Wildman–Crippen MR) is 77.4 cm³/mol. The summed E-state index contributed by atoms with van der Waals surface area (Å²) in [5.41, 5.74) is 1.15. The van der Waals surface area contributed by atoms with Crippen LogP contribution in [0, 0.1) is 18.3 Å². The molecule has 0 saturated carbocycles. The van der Waals surface area contributed by atoms with Crippen molar-refractivity contribution in [1.29, 1.82) is 0 Å². The van der Waals surface area contributed by atoms with Crippen molar-refractivity contribution in [3.05, 3.63) is 23.0 Å². The van der Waals surface area contributed by atoms with Crippen LogP contribution in [0.3, 0.4) is 0 Å². The number of pyridine rings is 1. The minimum Gasteiger partial charge on any atom is -0.324 e. The van der Waals surface area contributed by atoms with Crippen LogP contribution < -0.4 is 10.6 Å². The molecule has 1 amide bonds. The lowest BCUT2D eigenvalue weighted by atomic mass is 9.75. The summed E-state index contributed by atoms with van der Waals surface area (Å²) in [4.78, 5) is 16.8. The zero-order chi connectivity index (χ0) is 14.0. The molecule has 1 aliphatic rings. The van der Waals surface area contributed by atoms with Crippen LogP contribution in [0.15, 0.2) is 12.1 Å². The molecule has 0 radical (unpaired) electrons. The number of nitrogens with one attached hydrogen (secondary N) is 2. The summed E-state index contributed by atoms with van der Waals surface area (Å²) in [5.74, 6) is 0.364. The van der Waals surface area contributed by atoms with E-state index in [0.29, 0.717) is 11.1 Å². The first-order valence-electron chi connectivity index (χ1n) is 6.61. The van der Waals surface area contributed by atoms with E-state index in [2.05, 4.69) is 29.5 Å². The monoisotopic (exact) mass is 281 g/mol. The van der Waals surface area contributed by atoms with E-state index < -0.39 is 0 Å². The van der Waals surface area contributed by atoms with Crippen molar-refractivity contribution in [1.82, 2.24) is 10.3 Å². The quantitative estimate of drug-likeness (QED) is 0.838. The normalized spacial score (nSPS) is 22.8. The van der Waals surface area contributed by atoms with E-state index in [-0.39, 0.29) is 11.3 Å². The van der Waals surface area contributed by atoms with Gasteiger partial charge in [-0.1, -0.05) is 25.4 Å². The predicted octanol–water partition coefficient (Wildman–Crippen LogP) is 2.62. The van der Waals surface area contributed by atoms with Crippen molar-refractivity contribution in [2.24, 2.45) is 11.3 Å². The van der Waals surface area contributed by atoms with E-state index in [9.17, 15) is 4.79 Å². The molecule has 0 spiro atoms. The molecule has 104 valence electrons. The fourth-order valence-electron chi connectivity index (χ4n) is 2.57. The highest BCUT2D eigenvalue weighted by Gasteiger charge is 2.43. The van der Waals surface area contributed by atoms with Crippen molar-refractivity contribution < 1.29 is 4.79 Å². The Morgan fingerprint density at radius 2 is 2.26 bits per heavy atom. The van der Waals surface area contributed by atoms with E-state index in [1.807, 2.05) is 6.92 Å². The number of carbonyl (C=O) groups excluding carboxylic acids is 1. The first-order chi connectivity index (χ1) is 8.95. The largest absolute Gasteiger partial charge is 0.324 e. The number of nitrogens with zero attached hydrogens (tertiary/aromatic N) is 1. The number of carbonyl (C=O) groups is 1. The summed E-state index contributed by atoms with van der Waals surface area (Å²) in [6, 6.07) is 3.50. The Labute approximate surface area is 118 Å². The number of hydrogen-bond donors (Lipinski definition) is 2. The fraction of sp³-hybridized carbons (Fsp3) is 0.571. The number of rotatable bonds is 3. The van der Waals surface area contributed by atoms with E-state index in [4.69, 9.17) is 11.6 Å². The van der Waals surface area contributed by atoms with Crippen LogP contribution in [0.5, 0.6) is 0 Å². The molecule has 1 aliphatic heterocycles. The average Bonchev–Trinajstić information content (AvgIpc) is 2.83. The molecule has 0 aromatic carbocycles. The van der Waals surface area contributed by atoms with Gasteiger partial charge >= 0.3 is 0 Å². The molecule has 4 nitrogen and oxygen atoms in total. The highest BCUT2D eigenvalue weighted by atomic mass is 35.5. The highest BCUT2D eigenvalue weighted by molar-refractivity contribution is 6.29. The van der Waals surface area contributed by atoms with Crippen molar-refractivity contribution in [3.63, 3.8) is 0 Å². The van der Waals surface area contributed by atoms with Gasteiger partial charge in [0.15, 0.2) is 0 Å².